The number of fused-ring (bicyclic) bond motifs is 1. The normalized spacial score (nSPS) is 20.7. The van der Waals surface area contributed by atoms with Crippen LogP contribution in [0.1, 0.15) is 11.4 Å². The molecule has 6 heteroatoms. The van der Waals surface area contributed by atoms with E-state index in [-0.39, 0.29) is 11.7 Å². The van der Waals surface area contributed by atoms with Gasteiger partial charge in [-0.1, -0.05) is 0 Å². The molecule has 3 nitrogen and oxygen atoms in total. The van der Waals surface area contributed by atoms with Gasteiger partial charge in [0.1, 0.15) is 18.1 Å². The Kier molecular flexibility index (Phi) is 2.30. The van der Waals surface area contributed by atoms with Crippen LogP contribution >= 0.6 is 0 Å². The molecule has 0 saturated heterocycles. The van der Waals surface area contributed by atoms with Crippen LogP contribution in [0.3, 0.4) is 0 Å². The summed E-state index contributed by atoms with van der Waals surface area (Å²) in [5.41, 5.74) is 4.94. The topological polar surface area (TPSA) is 48.1 Å². The van der Waals surface area contributed by atoms with Crippen molar-refractivity contribution < 1.29 is 17.9 Å². The summed E-state index contributed by atoms with van der Waals surface area (Å²) in [5, 5.41) is 0. The fourth-order valence-corrected chi connectivity index (χ4v) is 1.43. The van der Waals surface area contributed by atoms with Gasteiger partial charge in [0.05, 0.1) is 5.69 Å². The van der Waals surface area contributed by atoms with Crippen molar-refractivity contribution in [1.82, 2.24) is 4.98 Å². The van der Waals surface area contributed by atoms with E-state index in [1.54, 1.807) is 0 Å². The molecule has 2 rings (SSSR count). The summed E-state index contributed by atoms with van der Waals surface area (Å²) >= 11 is 0. The molecule has 0 spiro atoms. The fraction of sp³-hybridized carbons (Fsp3) is 0.444. The molecule has 1 aliphatic heterocycles. The molecule has 0 fully saturated rings. The lowest BCUT2D eigenvalue weighted by molar-refractivity contribution is -0.141. The maximum atomic E-state index is 12.3. The van der Waals surface area contributed by atoms with E-state index in [0.717, 1.165) is 6.07 Å². The van der Waals surface area contributed by atoms with E-state index in [9.17, 15) is 13.2 Å². The Labute approximate surface area is 84.1 Å². The molecule has 1 unspecified atom stereocenters. The molecule has 1 aromatic heterocycles. The van der Waals surface area contributed by atoms with Gasteiger partial charge in [0.15, 0.2) is 0 Å². The van der Waals surface area contributed by atoms with Gasteiger partial charge in [-0.15, -0.1) is 0 Å². The van der Waals surface area contributed by atoms with Crippen molar-refractivity contribution in [3.63, 3.8) is 0 Å². The number of alkyl halides is 3. The van der Waals surface area contributed by atoms with E-state index < -0.39 is 11.9 Å². The highest BCUT2D eigenvalue weighted by atomic mass is 19.4. The van der Waals surface area contributed by atoms with Crippen molar-refractivity contribution >= 4 is 0 Å². The highest BCUT2D eigenvalue weighted by Gasteiger charge is 2.33. The maximum absolute atomic E-state index is 12.3. The van der Waals surface area contributed by atoms with Crippen molar-refractivity contribution in [2.75, 3.05) is 6.61 Å². The number of rotatable bonds is 0. The van der Waals surface area contributed by atoms with Gasteiger partial charge in [0.25, 0.3) is 0 Å². The lowest BCUT2D eigenvalue weighted by Gasteiger charge is -2.22. The van der Waals surface area contributed by atoms with Crippen LogP contribution < -0.4 is 10.5 Å². The summed E-state index contributed by atoms with van der Waals surface area (Å²) < 4.78 is 42.1. The van der Waals surface area contributed by atoms with Crippen molar-refractivity contribution in [2.45, 2.75) is 18.6 Å². The van der Waals surface area contributed by atoms with Crippen LogP contribution in [0.15, 0.2) is 12.1 Å². The van der Waals surface area contributed by atoms with Crippen LogP contribution in [-0.2, 0) is 12.6 Å². The highest BCUT2D eigenvalue weighted by molar-refractivity contribution is 5.32. The molecule has 15 heavy (non-hydrogen) atoms. The summed E-state index contributed by atoms with van der Waals surface area (Å²) in [6.45, 7) is 0.319. The summed E-state index contributed by atoms with van der Waals surface area (Å²) in [7, 11) is 0. The molecular formula is C9H9F3N2O. The minimum Gasteiger partial charge on any atom is -0.490 e. The second-order valence-corrected chi connectivity index (χ2v) is 3.41. The number of hydrogen-bond donors (Lipinski definition) is 1. The second kappa shape index (κ2) is 3.37. The largest absolute Gasteiger partial charge is 0.490 e. The van der Waals surface area contributed by atoms with Crippen molar-refractivity contribution in [3.8, 4) is 5.75 Å². The van der Waals surface area contributed by atoms with Crippen LogP contribution in [0.4, 0.5) is 13.2 Å². The molecule has 0 amide bonds. The second-order valence-electron chi connectivity index (χ2n) is 3.41. The average Bonchev–Trinajstić information content (AvgIpc) is 2.15. The SMILES string of the molecule is NC1COc2ccc(C(F)(F)F)nc2C1. The summed E-state index contributed by atoms with van der Waals surface area (Å²) in [5.74, 6) is 0.393. The Morgan fingerprint density at radius 3 is 2.80 bits per heavy atom. The number of hydrogen-bond acceptors (Lipinski definition) is 3. The zero-order chi connectivity index (χ0) is 11.1. The third kappa shape index (κ3) is 2.04. The molecule has 0 aromatic carbocycles. The van der Waals surface area contributed by atoms with E-state index >= 15 is 0 Å². The van der Waals surface area contributed by atoms with Crippen LogP contribution in [0.5, 0.6) is 5.75 Å². The van der Waals surface area contributed by atoms with Gasteiger partial charge in [-0.05, 0) is 12.1 Å². The fourth-order valence-electron chi connectivity index (χ4n) is 1.43. The van der Waals surface area contributed by atoms with Crippen LogP contribution in [-0.4, -0.2) is 17.6 Å². The van der Waals surface area contributed by atoms with Gasteiger partial charge in [-0.25, -0.2) is 4.98 Å². The standard InChI is InChI=1S/C9H9F3N2O/c10-9(11,12)8-2-1-7-6(14-8)3-5(13)4-15-7/h1-2,5H,3-4,13H2. The van der Waals surface area contributed by atoms with E-state index in [1.807, 2.05) is 0 Å². The molecular weight excluding hydrogens is 209 g/mol. The third-order valence-corrected chi connectivity index (χ3v) is 2.13. The number of ether oxygens (including phenoxy) is 1. The molecule has 82 valence electrons. The minimum absolute atomic E-state index is 0.281. The number of nitrogens with two attached hydrogens (primary N) is 1. The smallest absolute Gasteiger partial charge is 0.433 e. The number of halogens is 3. The zero-order valence-electron chi connectivity index (χ0n) is 7.71. The number of pyridine rings is 1. The molecule has 2 heterocycles. The van der Waals surface area contributed by atoms with Gasteiger partial charge in [-0.2, -0.15) is 13.2 Å². The minimum atomic E-state index is -4.42. The lowest BCUT2D eigenvalue weighted by atomic mass is 10.1. The Bertz CT molecular complexity index is 378. The zero-order valence-corrected chi connectivity index (χ0v) is 7.71. The Balaban J connectivity index is 2.37. The average molecular weight is 218 g/mol. The van der Waals surface area contributed by atoms with Gasteiger partial charge in [0.2, 0.25) is 0 Å². The summed E-state index contributed by atoms with van der Waals surface area (Å²) in [6, 6.07) is 1.92. The predicted octanol–water partition coefficient (Wildman–Crippen LogP) is 1.36. The van der Waals surface area contributed by atoms with Gasteiger partial charge >= 0.3 is 6.18 Å². The number of aromatic nitrogens is 1. The summed E-state index contributed by atoms with van der Waals surface area (Å²) in [6.07, 6.45) is -4.10. The molecule has 0 bridgehead atoms. The Morgan fingerprint density at radius 1 is 1.40 bits per heavy atom. The Morgan fingerprint density at radius 2 is 2.13 bits per heavy atom. The van der Waals surface area contributed by atoms with Crippen molar-refractivity contribution in [3.05, 3.63) is 23.5 Å². The highest BCUT2D eigenvalue weighted by Crippen LogP contribution is 2.31. The number of nitrogens with zero attached hydrogens (tertiary/aromatic N) is 1. The first kappa shape index (κ1) is 10.2. The van der Waals surface area contributed by atoms with Crippen molar-refractivity contribution in [2.24, 2.45) is 5.73 Å². The molecule has 0 saturated carbocycles. The predicted molar refractivity (Wildman–Crippen MR) is 46.4 cm³/mol. The van der Waals surface area contributed by atoms with Gasteiger partial charge in [-0.3, -0.25) is 0 Å². The van der Waals surface area contributed by atoms with Crippen LogP contribution in [0.2, 0.25) is 0 Å². The Hall–Kier alpha value is -1.30. The summed E-state index contributed by atoms with van der Waals surface area (Å²) in [4.78, 5) is 3.50. The monoisotopic (exact) mass is 218 g/mol. The maximum Gasteiger partial charge on any atom is 0.433 e. The molecule has 1 atom stereocenters. The first-order valence-electron chi connectivity index (χ1n) is 4.42. The lowest BCUT2D eigenvalue weighted by Crippen LogP contribution is -2.34. The van der Waals surface area contributed by atoms with E-state index in [1.165, 1.54) is 6.07 Å². The quantitative estimate of drug-likeness (QED) is 0.715. The first-order chi connectivity index (χ1) is 6.97. The third-order valence-electron chi connectivity index (χ3n) is 2.13. The van der Waals surface area contributed by atoms with Crippen LogP contribution in [0, 0.1) is 0 Å². The van der Waals surface area contributed by atoms with E-state index in [0.29, 0.717) is 18.8 Å². The molecule has 0 radical (unpaired) electrons. The van der Waals surface area contributed by atoms with E-state index in [4.69, 9.17) is 10.5 Å². The molecule has 0 aliphatic carbocycles. The molecule has 2 N–H and O–H groups in total. The van der Waals surface area contributed by atoms with Gasteiger partial charge in [0, 0.05) is 12.5 Å². The first-order valence-corrected chi connectivity index (χ1v) is 4.42. The van der Waals surface area contributed by atoms with Crippen molar-refractivity contribution in [1.29, 1.82) is 0 Å². The molecule has 1 aliphatic rings. The van der Waals surface area contributed by atoms with Gasteiger partial charge < -0.3 is 10.5 Å². The van der Waals surface area contributed by atoms with Crippen LogP contribution in [0.25, 0.3) is 0 Å². The van der Waals surface area contributed by atoms with E-state index in [2.05, 4.69) is 4.98 Å². The molecule has 1 aromatic rings.